The van der Waals surface area contributed by atoms with Crippen LogP contribution in [0.5, 0.6) is 5.75 Å². The molecule has 1 heterocycles. The molecule has 0 bridgehead atoms. The highest BCUT2D eigenvalue weighted by molar-refractivity contribution is 8.00. The third kappa shape index (κ3) is 3.45. The van der Waals surface area contributed by atoms with E-state index >= 15 is 0 Å². The number of carbonyl (C=O) groups excluding carboxylic acids is 1. The van der Waals surface area contributed by atoms with Crippen LogP contribution in [0, 0.1) is 0 Å². The van der Waals surface area contributed by atoms with Crippen molar-refractivity contribution in [3.63, 3.8) is 0 Å². The predicted molar refractivity (Wildman–Crippen MR) is 95.7 cm³/mol. The van der Waals surface area contributed by atoms with Crippen molar-refractivity contribution in [2.75, 3.05) is 23.4 Å². The molecule has 1 aliphatic heterocycles. The van der Waals surface area contributed by atoms with Crippen molar-refractivity contribution >= 4 is 29.2 Å². The van der Waals surface area contributed by atoms with Crippen molar-refractivity contribution in [1.82, 2.24) is 0 Å². The maximum absolute atomic E-state index is 12.8. The van der Waals surface area contributed by atoms with Gasteiger partial charge >= 0.3 is 6.03 Å². The quantitative estimate of drug-likeness (QED) is 0.894. The molecule has 0 aliphatic carbocycles. The summed E-state index contributed by atoms with van der Waals surface area (Å²) in [6, 6.07) is 15.4. The Hall–Kier alpha value is -2.14. The Balaban J connectivity index is 1.84. The summed E-state index contributed by atoms with van der Waals surface area (Å²) < 4.78 is 5.58. The van der Waals surface area contributed by atoms with Crippen molar-refractivity contribution in [2.45, 2.75) is 24.0 Å². The fourth-order valence-corrected chi connectivity index (χ4v) is 3.73. The third-order valence-electron chi connectivity index (χ3n) is 3.60. The number of nitrogens with zero attached hydrogens (tertiary/aromatic N) is 1. The van der Waals surface area contributed by atoms with Gasteiger partial charge in [-0.15, -0.1) is 11.8 Å². The second kappa shape index (κ2) is 6.96. The van der Waals surface area contributed by atoms with E-state index in [1.165, 1.54) is 0 Å². The van der Waals surface area contributed by atoms with Gasteiger partial charge in [0.1, 0.15) is 5.75 Å². The third-order valence-corrected chi connectivity index (χ3v) is 4.75. The normalized spacial score (nSPS) is 16.6. The molecular formula is C18H20N2O2S. The van der Waals surface area contributed by atoms with E-state index in [1.54, 1.807) is 16.7 Å². The Morgan fingerprint density at radius 1 is 1.26 bits per heavy atom. The van der Waals surface area contributed by atoms with Crippen molar-refractivity contribution in [3.8, 4) is 5.75 Å². The zero-order valence-electron chi connectivity index (χ0n) is 13.3. The van der Waals surface area contributed by atoms with E-state index < -0.39 is 0 Å². The summed E-state index contributed by atoms with van der Waals surface area (Å²) in [5.41, 5.74) is 1.66. The van der Waals surface area contributed by atoms with E-state index in [0.29, 0.717) is 29.8 Å². The molecule has 0 spiro atoms. The average molecular weight is 328 g/mol. The first-order valence-corrected chi connectivity index (χ1v) is 8.63. The first-order valence-electron chi connectivity index (χ1n) is 7.75. The molecule has 3 rings (SSSR count). The first kappa shape index (κ1) is 15.7. The lowest BCUT2D eigenvalue weighted by Crippen LogP contribution is -2.41. The van der Waals surface area contributed by atoms with E-state index in [1.807, 2.05) is 49.4 Å². The molecule has 5 heteroatoms. The number of hydrogen-bond acceptors (Lipinski definition) is 3. The van der Waals surface area contributed by atoms with Gasteiger partial charge in [0, 0.05) is 16.7 Å². The molecule has 0 saturated carbocycles. The fraction of sp³-hybridized carbons (Fsp3) is 0.278. The van der Waals surface area contributed by atoms with Crippen molar-refractivity contribution < 1.29 is 9.53 Å². The molecule has 1 aliphatic rings. The van der Waals surface area contributed by atoms with E-state index in [-0.39, 0.29) is 6.03 Å². The van der Waals surface area contributed by atoms with Crippen LogP contribution in [-0.2, 0) is 0 Å². The van der Waals surface area contributed by atoms with E-state index in [0.717, 1.165) is 10.6 Å². The van der Waals surface area contributed by atoms with Crippen molar-refractivity contribution in [1.29, 1.82) is 0 Å². The molecule has 0 saturated heterocycles. The number of thioether (sulfide) groups is 1. The van der Waals surface area contributed by atoms with Gasteiger partial charge in [-0.25, -0.2) is 4.79 Å². The Bertz CT molecular complexity index is 705. The largest absolute Gasteiger partial charge is 0.492 e. The molecule has 1 atom stereocenters. The summed E-state index contributed by atoms with van der Waals surface area (Å²) in [7, 11) is 0. The number of ether oxygens (including phenoxy) is 1. The lowest BCUT2D eigenvalue weighted by molar-refractivity contribution is 0.256. The number of benzene rings is 2. The Labute approximate surface area is 140 Å². The summed E-state index contributed by atoms with van der Waals surface area (Å²) in [5.74, 6) is 0.691. The van der Waals surface area contributed by atoms with Crippen LogP contribution in [0.4, 0.5) is 16.2 Å². The minimum absolute atomic E-state index is 0.128. The molecule has 23 heavy (non-hydrogen) atoms. The topological polar surface area (TPSA) is 41.6 Å². The number of hydrogen-bond donors (Lipinski definition) is 1. The highest BCUT2D eigenvalue weighted by Gasteiger charge is 2.27. The second-order valence-electron chi connectivity index (χ2n) is 5.37. The second-order valence-corrected chi connectivity index (χ2v) is 6.85. The molecule has 2 amide bonds. The minimum atomic E-state index is -0.128. The highest BCUT2D eigenvalue weighted by atomic mass is 32.2. The van der Waals surface area contributed by atoms with E-state index in [2.05, 4.69) is 18.3 Å². The molecule has 2 aromatic rings. The van der Waals surface area contributed by atoms with Gasteiger partial charge < -0.3 is 10.1 Å². The zero-order chi connectivity index (χ0) is 16.2. The number of para-hydroxylation sites is 3. The van der Waals surface area contributed by atoms with E-state index in [9.17, 15) is 4.79 Å². The monoisotopic (exact) mass is 328 g/mol. The smallest absolute Gasteiger partial charge is 0.326 e. The van der Waals surface area contributed by atoms with Crippen LogP contribution >= 0.6 is 11.8 Å². The molecule has 1 N–H and O–H groups in total. The maximum Gasteiger partial charge on any atom is 0.326 e. The number of fused-ring (bicyclic) bond motifs is 1. The fourth-order valence-electron chi connectivity index (χ4n) is 2.62. The van der Waals surface area contributed by atoms with Crippen LogP contribution < -0.4 is 15.0 Å². The van der Waals surface area contributed by atoms with Crippen molar-refractivity contribution in [2.24, 2.45) is 0 Å². The van der Waals surface area contributed by atoms with Crippen LogP contribution in [0.3, 0.4) is 0 Å². The number of carbonyl (C=O) groups is 1. The van der Waals surface area contributed by atoms with Crippen LogP contribution in [0.1, 0.15) is 13.8 Å². The van der Waals surface area contributed by atoms with Crippen LogP contribution in [-0.4, -0.2) is 24.4 Å². The van der Waals surface area contributed by atoms with E-state index in [4.69, 9.17) is 4.74 Å². The van der Waals surface area contributed by atoms with Gasteiger partial charge in [-0.1, -0.05) is 31.2 Å². The molecule has 0 radical (unpaired) electrons. The molecule has 120 valence electrons. The molecule has 0 aromatic heterocycles. The number of amides is 2. The first-order chi connectivity index (χ1) is 11.2. The van der Waals surface area contributed by atoms with Crippen LogP contribution in [0.2, 0.25) is 0 Å². The van der Waals surface area contributed by atoms with Gasteiger partial charge in [0.15, 0.2) is 0 Å². The molecule has 0 fully saturated rings. The highest BCUT2D eigenvalue weighted by Crippen LogP contribution is 2.38. The summed E-state index contributed by atoms with van der Waals surface area (Å²) in [6.45, 7) is 5.31. The average Bonchev–Trinajstić information content (AvgIpc) is 2.56. The SMILES string of the molecule is CCOc1ccccc1NC(=O)N1CC(C)Sc2ccccc21. The van der Waals surface area contributed by atoms with Crippen molar-refractivity contribution in [3.05, 3.63) is 48.5 Å². The molecule has 4 nitrogen and oxygen atoms in total. The van der Waals surface area contributed by atoms with Gasteiger partial charge in [-0.2, -0.15) is 0 Å². The lowest BCUT2D eigenvalue weighted by Gasteiger charge is -2.32. The zero-order valence-corrected chi connectivity index (χ0v) is 14.1. The van der Waals surface area contributed by atoms with Gasteiger partial charge in [0.25, 0.3) is 0 Å². The summed E-state index contributed by atoms with van der Waals surface area (Å²) in [4.78, 5) is 15.7. The van der Waals surface area contributed by atoms with Crippen LogP contribution in [0.15, 0.2) is 53.4 Å². The number of rotatable bonds is 3. The number of urea groups is 1. The summed E-state index contributed by atoms with van der Waals surface area (Å²) in [6.07, 6.45) is 0. The Morgan fingerprint density at radius 3 is 2.83 bits per heavy atom. The molecular weight excluding hydrogens is 308 g/mol. The molecule has 2 aromatic carbocycles. The number of anilines is 2. The Morgan fingerprint density at radius 2 is 2.00 bits per heavy atom. The van der Waals surface area contributed by atoms with Gasteiger partial charge in [0.2, 0.25) is 0 Å². The molecule has 1 unspecified atom stereocenters. The van der Waals surface area contributed by atoms with Gasteiger partial charge in [-0.3, -0.25) is 4.90 Å². The van der Waals surface area contributed by atoms with Gasteiger partial charge in [-0.05, 0) is 31.2 Å². The van der Waals surface area contributed by atoms with Gasteiger partial charge in [0.05, 0.1) is 18.0 Å². The van der Waals surface area contributed by atoms with Crippen LogP contribution in [0.25, 0.3) is 0 Å². The summed E-state index contributed by atoms with van der Waals surface area (Å²) in [5, 5.41) is 3.34. The predicted octanol–water partition coefficient (Wildman–Crippen LogP) is 4.62. The maximum atomic E-state index is 12.8. The minimum Gasteiger partial charge on any atom is -0.492 e. The number of nitrogens with one attached hydrogen (secondary N) is 1. The Kier molecular flexibility index (Phi) is 4.76. The lowest BCUT2D eigenvalue weighted by atomic mass is 10.2. The standard InChI is InChI=1S/C18H20N2O2S/c1-3-22-16-10-6-4-8-14(16)19-18(21)20-12-13(2)23-17-11-7-5-9-15(17)20/h4-11,13H,3,12H2,1-2H3,(H,19,21). The summed E-state index contributed by atoms with van der Waals surface area (Å²) >= 11 is 1.80.